The number of piperidine rings is 1. The first-order valence-corrected chi connectivity index (χ1v) is 8.32. The lowest BCUT2D eigenvalue weighted by Gasteiger charge is -2.34. The molecule has 0 atom stereocenters. The Labute approximate surface area is 133 Å². The monoisotopic (exact) mass is 295 g/mol. The highest BCUT2D eigenvalue weighted by molar-refractivity contribution is 6.03. The number of nitrogens with zero attached hydrogens (tertiary/aromatic N) is 1. The standard InChI is InChI=1S/C20H25NO/c1-20(2,15-21-12-6-3-7-13-21)19(22)18-11-10-16-8-4-5-9-17(16)14-18/h4-5,8-11,14H,3,6-7,12-13,15H2,1-2H3. The molecule has 0 unspecified atom stereocenters. The van der Waals surface area contributed by atoms with Gasteiger partial charge < -0.3 is 4.90 Å². The fourth-order valence-corrected chi connectivity index (χ4v) is 3.47. The second kappa shape index (κ2) is 6.21. The van der Waals surface area contributed by atoms with E-state index in [2.05, 4.69) is 36.9 Å². The summed E-state index contributed by atoms with van der Waals surface area (Å²) in [4.78, 5) is 15.4. The Balaban J connectivity index is 1.80. The molecule has 116 valence electrons. The minimum absolute atomic E-state index is 0.254. The molecule has 2 nitrogen and oxygen atoms in total. The molecular weight excluding hydrogens is 270 g/mol. The molecule has 1 aliphatic rings. The Morgan fingerprint density at radius 3 is 2.41 bits per heavy atom. The number of likely N-dealkylation sites (tertiary alicyclic amines) is 1. The molecule has 0 radical (unpaired) electrons. The van der Waals surface area contributed by atoms with Crippen molar-refractivity contribution in [1.29, 1.82) is 0 Å². The first kappa shape index (κ1) is 15.2. The summed E-state index contributed by atoms with van der Waals surface area (Å²) in [5.41, 5.74) is 0.500. The zero-order valence-corrected chi connectivity index (χ0v) is 13.6. The van der Waals surface area contributed by atoms with Gasteiger partial charge in [-0.1, -0.05) is 56.7 Å². The van der Waals surface area contributed by atoms with Crippen molar-refractivity contribution >= 4 is 16.6 Å². The van der Waals surface area contributed by atoms with Crippen molar-refractivity contribution in [2.45, 2.75) is 33.1 Å². The summed E-state index contributed by atoms with van der Waals surface area (Å²) in [7, 11) is 0. The molecule has 0 spiro atoms. The van der Waals surface area contributed by atoms with Gasteiger partial charge in [0.2, 0.25) is 0 Å². The SMILES string of the molecule is CC(C)(CN1CCCCC1)C(=O)c1ccc2ccccc2c1. The van der Waals surface area contributed by atoms with Crippen molar-refractivity contribution in [2.75, 3.05) is 19.6 Å². The number of fused-ring (bicyclic) bond motifs is 1. The van der Waals surface area contributed by atoms with E-state index in [1.807, 2.05) is 24.3 Å². The lowest BCUT2D eigenvalue weighted by Crippen LogP contribution is -2.41. The Hall–Kier alpha value is -1.67. The van der Waals surface area contributed by atoms with Gasteiger partial charge in [0.15, 0.2) is 5.78 Å². The molecule has 3 rings (SSSR count). The number of hydrogen-bond acceptors (Lipinski definition) is 2. The zero-order chi connectivity index (χ0) is 15.6. The Bertz CT molecular complexity index is 668. The lowest BCUT2D eigenvalue weighted by molar-refractivity contribution is 0.0744. The topological polar surface area (TPSA) is 20.3 Å². The van der Waals surface area contributed by atoms with E-state index in [1.165, 1.54) is 24.6 Å². The zero-order valence-electron chi connectivity index (χ0n) is 13.6. The predicted octanol–water partition coefficient (Wildman–Crippen LogP) is 4.53. The number of ketones is 1. The third-order valence-electron chi connectivity index (χ3n) is 4.69. The van der Waals surface area contributed by atoms with Crippen LogP contribution in [-0.2, 0) is 0 Å². The number of carbonyl (C=O) groups excluding carboxylic acids is 1. The first-order valence-electron chi connectivity index (χ1n) is 8.32. The lowest BCUT2D eigenvalue weighted by atomic mass is 9.83. The fraction of sp³-hybridized carbons (Fsp3) is 0.450. The number of carbonyl (C=O) groups is 1. The highest BCUT2D eigenvalue weighted by Crippen LogP contribution is 2.27. The van der Waals surface area contributed by atoms with E-state index in [0.717, 1.165) is 30.6 Å². The Kier molecular flexibility index (Phi) is 4.30. The molecule has 0 saturated carbocycles. The van der Waals surface area contributed by atoms with Gasteiger partial charge in [0.1, 0.15) is 0 Å². The largest absolute Gasteiger partial charge is 0.302 e. The summed E-state index contributed by atoms with van der Waals surface area (Å²) >= 11 is 0. The van der Waals surface area contributed by atoms with Crippen molar-refractivity contribution < 1.29 is 4.79 Å². The van der Waals surface area contributed by atoms with E-state index < -0.39 is 0 Å². The van der Waals surface area contributed by atoms with E-state index in [0.29, 0.717) is 0 Å². The van der Waals surface area contributed by atoms with E-state index in [-0.39, 0.29) is 11.2 Å². The van der Waals surface area contributed by atoms with E-state index in [1.54, 1.807) is 0 Å². The van der Waals surface area contributed by atoms with Crippen LogP contribution >= 0.6 is 0 Å². The molecule has 1 fully saturated rings. The molecule has 2 aromatic rings. The van der Waals surface area contributed by atoms with Gasteiger partial charge in [-0.3, -0.25) is 4.79 Å². The van der Waals surface area contributed by atoms with Crippen LogP contribution in [0.25, 0.3) is 10.8 Å². The van der Waals surface area contributed by atoms with Gasteiger partial charge in [-0.05, 0) is 42.8 Å². The van der Waals surface area contributed by atoms with Crippen LogP contribution in [0.1, 0.15) is 43.5 Å². The maximum absolute atomic E-state index is 13.0. The van der Waals surface area contributed by atoms with Gasteiger partial charge in [-0.2, -0.15) is 0 Å². The first-order chi connectivity index (χ1) is 10.6. The van der Waals surface area contributed by atoms with Crippen molar-refractivity contribution in [3.05, 3.63) is 48.0 Å². The number of hydrogen-bond donors (Lipinski definition) is 0. The molecule has 0 amide bonds. The maximum Gasteiger partial charge on any atom is 0.169 e. The fourth-order valence-electron chi connectivity index (χ4n) is 3.47. The Morgan fingerprint density at radius 1 is 1.00 bits per heavy atom. The van der Waals surface area contributed by atoms with Crippen molar-refractivity contribution in [3.63, 3.8) is 0 Å². The molecule has 22 heavy (non-hydrogen) atoms. The second-order valence-electron chi connectivity index (χ2n) is 7.11. The molecule has 1 heterocycles. The minimum atomic E-state index is -0.334. The molecule has 1 saturated heterocycles. The van der Waals surface area contributed by atoms with Gasteiger partial charge >= 0.3 is 0 Å². The van der Waals surface area contributed by atoms with Crippen LogP contribution in [0.5, 0.6) is 0 Å². The van der Waals surface area contributed by atoms with Gasteiger partial charge in [0, 0.05) is 17.5 Å². The smallest absolute Gasteiger partial charge is 0.169 e. The third kappa shape index (κ3) is 3.22. The summed E-state index contributed by atoms with van der Waals surface area (Å²) in [6.07, 6.45) is 3.86. The quantitative estimate of drug-likeness (QED) is 0.772. The number of benzene rings is 2. The summed E-state index contributed by atoms with van der Waals surface area (Å²) in [5, 5.41) is 2.33. The summed E-state index contributed by atoms with van der Waals surface area (Å²) in [6.45, 7) is 7.29. The highest BCUT2D eigenvalue weighted by Gasteiger charge is 2.31. The van der Waals surface area contributed by atoms with Crippen LogP contribution in [0.15, 0.2) is 42.5 Å². The minimum Gasteiger partial charge on any atom is -0.302 e. The van der Waals surface area contributed by atoms with Crippen LogP contribution in [-0.4, -0.2) is 30.3 Å². The van der Waals surface area contributed by atoms with Crippen LogP contribution in [0.4, 0.5) is 0 Å². The molecule has 0 bridgehead atoms. The summed E-state index contributed by atoms with van der Waals surface area (Å²) in [5.74, 6) is 0.254. The van der Waals surface area contributed by atoms with Crippen LogP contribution in [0.2, 0.25) is 0 Å². The average molecular weight is 295 g/mol. The average Bonchev–Trinajstić information content (AvgIpc) is 2.54. The van der Waals surface area contributed by atoms with E-state index >= 15 is 0 Å². The molecule has 2 heteroatoms. The number of rotatable bonds is 4. The Morgan fingerprint density at radius 2 is 1.68 bits per heavy atom. The van der Waals surface area contributed by atoms with Gasteiger partial charge in [0.05, 0.1) is 0 Å². The second-order valence-corrected chi connectivity index (χ2v) is 7.11. The maximum atomic E-state index is 13.0. The van der Waals surface area contributed by atoms with Crippen LogP contribution in [0.3, 0.4) is 0 Å². The van der Waals surface area contributed by atoms with Gasteiger partial charge in [-0.25, -0.2) is 0 Å². The highest BCUT2D eigenvalue weighted by atomic mass is 16.1. The van der Waals surface area contributed by atoms with Gasteiger partial charge in [0.25, 0.3) is 0 Å². The number of Topliss-reactive ketones (excluding diaryl/α,β-unsaturated/α-hetero) is 1. The van der Waals surface area contributed by atoms with Crippen LogP contribution in [0, 0.1) is 5.41 Å². The van der Waals surface area contributed by atoms with Crippen LogP contribution < -0.4 is 0 Å². The summed E-state index contributed by atoms with van der Waals surface area (Å²) in [6, 6.07) is 14.3. The third-order valence-corrected chi connectivity index (χ3v) is 4.69. The molecule has 2 aromatic carbocycles. The molecular formula is C20H25NO. The van der Waals surface area contributed by atoms with Crippen molar-refractivity contribution in [2.24, 2.45) is 5.41 Å². The molecule has 0 aromatic heterocycles. The normalized spacial score (nSPS) is 16.8. The van der Waals surface area contributed by atoms with Gasteiger partial charge in [-0.15, -0.1) is 0 Å². The van der Waals surface area contributed by atoms with Crippen molar-refractivity contribution in [3.8, 4) is 0 Å². The molecule has 0 aliphatic carbocycles. The summed E-state index contributed by atoms with van der Waals surface area (Å²) < 4.78 is 0. The van der Waals surface area contributed by atoms with E-state index in [9.17, 15) is 4.79 Å². The molecule has 1 aliphatic heterocycles. The van der Waals surface area contributed by atoms with Crippen molar-refractivity contribution in [1.82, 2.24) is 4.90 Å². The molecule has 0 N–H and O–H groups in total. The van der Waals surface area contributed by atoms with E-state index in [4.69, 9.17) is 0 Å². The predicted molar refractivity (Wildman–Crippen MR) is 92.4 cm³/mol.